The van der Waals surface area contributed by atoms with E-state index in [4.69, 9.17) is 0 Å². The minimum absolute atomic E-state index is 0.636. The van der Waals surface area contributed by atoms with Gasteiger partial charge in [0.2, 0.25) is 0 Å². The molecule has 3 unspecified atom stereocenters. The Morgan fingerprint density at radius 1 is 1.05 bits per heavy atom. The Morgan fingerprint density at radius 3 is 2.43 bits per heavy atom. The maximum absolute atomic E-state index is 3.92. The van der Waals surface area contributed by atoms with Crippen LogP contribution < -0.4 is 5.32 Å². The Balaban J connectivity index is 1.60. The summed E-state index contributed by atoms with van der Waals surface area (Å²) in [5.41, 5.74) is 3.32. The Bertz CT molecular complexity index is 480. The molecule has 1 N–H and O–H groups in total. The van der Waals surface area contributed by atoms with E-state index in [1.54, 1.807) is 11.1 Å². The van der Waals surface area contributed by atoms with Crippen molar-refractivity contribution >= 4 is 0 Å². The van der Waals surface area contributed by atoms with E-state index in [1.165, 1.54) is 51.5 Å². The van der Waals surface area contributed by atoms with Crippen LogP contribution in [0.15, 0.2) is 24.3 Å². The first kappa shape index (κ1) is 13.8. The smallest absolute Gasteiger partial charge is 0.0357 e. The first-order valence-corrected chi connectivity index (χ1v) is 9.22. The molecule has 1 aromatic rings. The van der Waals surface area contributed by atoms with Crippen molar-refractivity contribution in [2.75, 3.05) is 6.54 Å². The number of nitrogens with one attached hydrogen (secondary N) is 1. The van der Waals surface area contributed by atoms with Crippen molar-refractivity contribution in [2.24, 2.45) is 17.8 Å². The van der Waals surface area contributed by atoms with Crippen LogP contribution in [0.3, 0.4) is 0 Å². The minimum atomic E-state index is 0.636. The molecule has 4 rings (SSSR count). The molecular weight excluding hydrogens is 254 g/mol. The van der Waals surface area contributed by atoms with Crippen molar-refractivity contribution in [3.05, 3.63) is 35.4 Å². The normalized spacial score (nSPS) is 32.5. The van der Waals surface area contributed by atoms with E-state index in [0.717, 1.165) is 23.7 Å². The van der Waals surface area contributed by atoms with Crippen LogP contribution in [-0.2, 0) is 0 Å². The van der Waals surface area contributed by atoms with E-state index in [1.807, 2.05) is 0 Å². The third-order valence-corrected chi connectivity index (χ3v) is 6.35. The van der Waals surface area contributed by atoms with Crippen LogP contribution in [0.4, 0.5) is 0 Å². The fourth-order valence-corrected chi connectivity index (χ4v) is 5.01. The standard InChI is InChI=1S/C20H29N/c1-2-13-21-20(19-16-11-6-12-17(16)19)18-10-4-3-9-15(18)14-7-5-8-14/h3-4,9-10,14,16-17,19-21H,2,5-8,11-13H2,1H3. The monoisotopic (exact) mass is 283 g/mol. The molecule has 0 bridgehead atoms. The lowest BCUT2D eigenvalue weighted by molar-refractivity contribution is 0.389. The molecule has 0 saturated heterocycles. The zero-order chi connectivity index (χ0) is 14.2. The largest absolute Gasteiger partial charge is 0.310 e. The van der Waals surface area contributed by atoms with Crippen LogP contribution in [0.5, 0.6) is 0 Å². The second kappa shape index (κ2) is 5.76. The van der Waals surface area contributed by atoms with Crippen LogP contribution in [0, 0.1) is 17.8 Å². The fourth-order valence-electron chi connectivity index (χ4n) is 5.01. The van der Waals surface area contributed by atoms with Crippen molar-refractivity contribution in [1.82, 2.24) is 5.32 Å². The molecule has 3 aliphatic carbocycles. The quantitative estimate of drug-likeness (QED) is 0.771. The molecule has 0 amide bonds. The number of rotatable bonds is 6. The molecule has 3 saturated carbocycles. The maximum Gasteiger partial charge on any atom is 0.0357 e. The summed E-state index contributed by atoms with van der Waals surface area (Å²) in [6, 6.07) is 9.99. The van der Waals surface area contributed by atoms with Crippen LogP contribution in [-0.4, -0.2) is 6.54 Å². The van der Waals surface area contributed by atoms with E-state index in [0.29, 0.717) is 6.04 Å². The highest BCUT2D eigenvalue weighted by Crippen LogP contribution is 2.62. The number of hydrogen-bond acceptors (Lipinski definition) is 1. The molecule has 3 aliphatic rings. The summed E-state index contributed by atoms with van der Waals surface area (Å²) in [6.45, 7) is 3.45. The molecule has 0 aliphatic heterocycles. The average Bonchev–Trinajstić information content (AvgIpc) is 2.92. The molecule has 0 radical (unpaired) electrons. The van der Waals surface area contributed by atoms with Crippen LogP contribution in [0.25, 0.3) is 0 Å². The van der Waals surface area contributed by atoms with Crippen molar-refractivity contribution in [2.45, 2.75) is 63.8 Å². The van der Waals surface area contributed by atoms with Gasteiger partial charge in [-0.2, -0.15) is 0 Å². The summed E-state index contributed by atoms with van der Waals surface area (Å²) in [5, 5.41) is 3.92. The van der Waals surface area contributed by atoms with Crippen molar-refractivity contribution in [3.8, 4) is 0 Å². The van der Waals surface area contributed by atoms with Gasteiger partial charge in [-0.3, -0.25) is 0 Å². The second-order valence-corrected chi connectivity index (χ2v) is 7.52. The van der Waals surface area contributed by atoms with Crippen molar-refractivity contribution < 1.29 is 0 Å². The first-order valence-electron chi connectivity index (χ1n) is 9.22. The van der Waals surface area contributed by atoms with E-state index in [2.05, 4.69) is 36.5 Å². The van der Waals surface area contributed by atoms with E-state index < -0.39 is 0 Å². The van der Waals surface area contributed by atoms with Gasteiger partial charge in [-0.25, -0.2) is 0 Å². The summed E-state index contributed by atoms with van der Waals surface area (Å²) >= 11 is 0. The summed E-state index contributed by atoms with van der Waals surface area (Å²) in [7, 11) is 0. The van der Waals surface area contributed by atoms with Crippen LogP contribution >= 0.6 is 0 Å². The van der Waals surface area contributed by atoms with Gasteiger partial charge >= 0.3 is 0 Å². The summed E-state index contributed by atoms with van der Waals surface area (Å²) in [5.74, 6) is 3.86. The second-order valence-electron chi connectivity index (χ2n) is 7.52. The van der Waals surface area contributed by atoms with E-state index >= 15 is 0 Å². The Morgan fingerprint density at radius 2 is 1.76 bits per heavy atom. The van der Waals surface area contributed by atoms with Gasteiger partial charge < -0.3 is 5.32 Å². The van der Waals surface area contributed by atoms with Crippen LogP contribution in [0.1, 0.15) is 75.0 Å². The highest BCUT2D eigenvalue weighted by Gasteiger charge is 2.56. The molecular formula is C20H29N. The number of fused-ring (bicyclic) bond motifs is 1. The number of hydrogen-bond donors (Lipinski definition) is 1. The molecule has 3 atom stereocenters. The van der Waals surface area contributed by atoms with E-state index in [-0.39, 0.29) is 0 Å². The van der Waals surface area contributed by atoms with Crippen LogP contribution in [0.2, 0.25) is 0 Å². The fraction of sp³-hybridized carbons (Fsp3) is 0.700. The maximum atomic E-state index is 3.92. The van der Waals surface area contributed by atoms with Gasteiger partial charge in [0, 0.05) is 6.04 Å². The molecule has 0 aromatic heterocycles. The molecule has 1 nitrogen and oxygen atoms in total. The predicted molar refractivity (Wildman–Crippen MR) is 88.4 cm³/mol. The van der Waals surface area contributed by atoms with Gasteiger partial charge in [-0.05, 0) is 73.4 Å². The summed E-state index contributed by atoms with van der Waals surface area (Å²) in [4.78, 5) is 0. The summed E-state index contributed by atoms with van der Waals surface area (Å²) < 4.78 is 0. The molecule has 1 heteroatoms. The van der Waals surface area contributed by atoms with Crippen molar-refractivity contribution in [1.29, 1.82) is 0 Å². The van der Waals surface area contributed by atoms with E-state index in [9.17, 15) is 0 Å². The van der Waals surface area contributed by atoms with Gasteiger partial charge in [0.25, 0.3) is 0 Å². The molecule has 1 aromatic carbocycles. The highest BCUT2D eigenvalue weighted by atomic mass is 14.9. The molecule has 3 fully saturated rings. The summed E-state index contributed by atoms with van der Waals surface area (Å²) in [6.07, 6.45) is 9.96. The topological polar surface area (TPSA) is 12.0 Å². The minimum Gasteiger partial charge on any atom is -0.310 e. The Labute approximate surface area is 129 Å². The van der Waals surface area contributed by atoms with Gasteiger partial charge in [0.1, 0.15) is 0 Å². The predicted octanol–water partition coefficient (Wildman–Crippen LogP) is 5.04. The van der Waals surface area contributed by atoms with Gasteiger partial charge in [-0.15, -0.1) is 0 Å². The third-order valence-electron chi connectivity index (χ3n) is 6.35. The third kappa shape index (κ3) is 2.44. The lowest BCUT2D eigenvalue weighted by atomic mass is 9.76. The Kier molecular flexibility index (Phi) is 3.79. The average molecular weight is 283 g/mol. The molecule has 0 heterocycles. The SMILES string of the molecule is CCCNC(c1ccccc1C1CCC1)C1C2CCCC21. The van der Waals surface area contributed by atoms with Gasteiger partial charge in [0.15, 0.2) is 0 Å². The molecule has 21 heavy (non-hydrogen) atoms. The zero-order valence-corrected chi connectivity index (χ0v) is 13.4. The Hall–Kier alpha value is -0.820. The molecule has 0 spiro atoms. The highest BCUT2D eigenvalue weighted by molar-refractivity contribution is 5.36. The lowest BCUT2D eigenvalue weighted by Gasteiger charge is -2.31. The first-order chi connectivity index (χ1) is 10.4. The van der Waals surface area contributed by atoms with Gasteiger partial charge in [-0.1, -0.05) is 44.0 Å². The lowest BCUT2D eigenvalue weighted by Crippen LogP contribution is -2.27. The zero-order valence-electron chi connectivity index (χ0n) is 13.4. The van der Waals surface area contributed by atoms with Gasteiger partial charge in [0.05, 0.1) is 0 Å². The number of benzene rings is 1. The molecule has 114 valence electrons. The van der Waals surface area contributed by atoms with Crippen molar-refractivity contribution in [3.63, 3.8) is 0 Å².